The molecule has 7 heteroatoms. The molecule has 33 heavy (non-hydrogen) atoms. The number of nitriles is 1. The molecular formula is C26H23BrN2O3S. The van der Waals surface area contributed by atoms with Gasteiger partial charge in [0.05, 0.1) is 25.0 Å². The van der Waals surface area contributed by atoms with Crippen molar-refractivity contribution in [1.29, 1.82) is 5.26 Å². The van der Waals surface area contributed by atoms with Crippen LogP contribution in [0.25, 0.3) is 6.08 Å². The molecule has 0 bridgehead atoms. The number of nitrogens with one attached hydrogen (secondary N) is 1. The van der Waals surface area contributed by atoms with Crippen LogP contribution in [0, 0.1) is 11.3 Å². The molecule has 0 aliphatic rings. The zero-order valence-electron chi connectivity index (χ0n) is 18.3. The second-order valence-electron chi connectivity index (χ2n) is 6.88. The van der Waals surface area contributed by atoms with E-state index in [1.54, 1.807) is 44.0 Å². The molecule has 0 aromatic heterocycles. The van der Waals surface area contributed by atoms with Gasteiger partial charge in [0, 0.05) is 26.9 Å². The van der Waals surface area contributed by atoms with E-state index in [2.05, 4.69) is 39.4 Å². The van der Waals surface area contributed by atoms with Crippen LogP contribution in [-0.4, -0.2) is 19.7 Å². The summed E-state index contributed by atoms with van der Waals surface area (Å²) in [5.41, 5.74) is 3.94. The van der Waals surface area contributed by atoms with Crippen LogP contribution in [0.3, 0.4) is 0 Å². The Morgan fingerprint density at radius 2 is 1.94 bits per heavy atom. The van der Waals surface area contributed by atoms with E-state index in [0.717, 1.165) is 21.9 Å². The molecule has 0 heterocycles. The standard InChI is InChI=1S/C26H23BrN2O3S/c1-3-32-26(30)12-9-19-13-21(33-17-18-7-5-4-6-8-18)10-11-23(19)29-24-14-20(16-28)22(27)15-25(24)31-2/h4-15,29H,3,17H2,1-2H3. The smallest absolute Gasteiger partial charge is 0.330 e. The number of halogens is 1. The molecule has 0 radical (unpaired) electrons. The Hall–Kier alpha value is -3.21. The van der Waals surface area contributed by atoms with Crippen LogP contribution in [0.4, 0.5) is 11.4 Å². The van der Waals surface area contributed by atoms with Gasteiger partial charge < -0.3 is 14.8 Å². The lowest BCUT2D eigenvalue weighted by atomic mass is 10.1. The van der Waals surface area contributed by atoms with E-state index in [9.17, 15) is 10.1 Å². The summed E-state index contributed by atoms with van der Waals surface area (Å²) in [6.45, 7) is 2.08. The fraction of sp³-hybridized carbons (Fsp3) is 0.154. The number of rotatable bonds is 9. The number of esters is 1. The quantitative estimate of drug-likeness (QED) is 0.186. The molecule has 0 amide bonds. The Balaban J connectivity index is 1.93. The first kappa shape index (κ1) is 24.4. The SMILES string of the molecule is CCOC(=O)C=Cc1cc(SCc2ccccc2)ccc1Nc1cc(C#N)c(Br)cc1OC. The maximum absolute atomic E-state index is 11.9. The van der Waals surface area contributed by atoms with Crippen LogP contribution in [0.15, 0.2) is 76.1 Å². The normalized spacial score (nSPS) is 10.6. The Bertz CT molecular complexity index is 1190. The van der Waals surface area contributed by atoms with Gasteiger partial charge in [-0.15, -0.1) is 11.8 Å². The van der Waals surface area contributed by atoms with Gasteiger partial charge in [-0.1, -0.05) is 30.3 Å². The highest BCUT2D eigenvalue weighted by Gasteiger charge is 2.12. The van der Waals surface area contributed by atoms with Gasteiger partial charge in [0.1, 0.15) is 11.8 Å². The number of nitrogens with zero attached hydrogens (tertiary/aromatic N) is 1. The average Bonchev–Trinajstić information content (AvgIpc) is 2.84. The van der Waals surface area contributed by atoms with E-state index in [1.807, 2.05) is 36.4 Å². The molecule has 0 aliphatic heterocycles. The molecule has 0 saturated carbocycles. The van der Waals surface area contributed by atoms with Crippen molar-refractivity contribution in [1.82, 2.24) is 0 Å². The Kier molecular flexibility index (Phi) is 8.99. The van der Waals surface area contributed by atoms with Gasteiger partial charge >= 0.3 is 5.97 Å². The summed E-state index contributed by atoms with van der Waals surface area (Å²) in [5, 5.41) is 12.7. The third-order valence-corrected chi connectivity index (χ3v) is 6.36. The van der Waals surface area contributed by atoms with Crippen molar-refractivity contribution < 1.29 is 14.3 Å². The molecular weight excluding hydrogens is 500 g/mol. The van der Waals surface area contributed by atoms with Gasteiger partial charge in [-0.25, -0.2) is 4.79 Å². The number of ether oxygens (including phenoxy) is 2. The van der Waals surface area contributed by atoms with Crippen LogP contribution in [0.5, 0.6) is 5.75 Å². The van der Waals surface area contributed by atoms with Crippen molar-refractivity contribution in [2.24, 2.45) is 0 Å². The lowest BCUT2D eigenvalue weighted by molar-refractivity contribution is -0.137. The van der Waals surface area contributed by atoms with E-state index < -0.39 is 5.97 Å². The van der Waals surface area contributed by atoms with Gasteiger partial charge in [-0.2, -0.15) is 5.26 Å². The summed E-state index contributed by atoms with van der Waals surface area (Å²) in [5.74, 6) is 1.02. The predicted molar refractivity (Wildman–Crippen MR) is 137 cm³/mol. The third-order valence-electron chi connectivity index (χ3n) is 4.64. The first-order chi connectivity index (χ1) is 16.0. The first-order valence-corrected chi connectivity index (χ1v) is 12.0. The van der Waals surface area contributed by atoms with Crippen LogP contribution in [0.1, 0.15) is 23.6 Å². The third kappa shape index (κ3) is 6.88. The van der Waals surface area contributed by atoms with Gasteiger partial charge in [-0.3, -0.25) is 0 Å². The molecule has 0 unspecified atom stereocenters. The largest absolute Gasteiger partial charge is 0.495 e. The average molecular weight is 523 g/mol. The van der Waals surface area contributed by atoms with Crippen molar-refractivity contribution in [3.8, 4) is 11.8 Å². The fourth-order valence-electron chi connectivity index (χ4n) is 3.02. The van der Waals surface area contributed by atoms with Gasteiger partial charge in [-0.05, 0) is 70.4 Å². The molecule has 1 N–H and O–H groups in total. The van der Waals surface area contributed by atoms with Crippen molar-refractivity contribution in [3.63, 3.8) is 0 Å². The first-order valence-electron chi connectivity index (χ1n) is 10.2. The number of carbonyl (C=O) groups is 1. The molecule has 5 nitrogen and oxygen atoms in total. The van der Waals surface area contributed by atoms with E-state index in [1.165, 1.54) is 11.6 Å². The molecule has 3 aromatic rings. The summed E-state index contributed by atoms with van der Waals surface area (Å²) in [6.07, 6.45) is 3.14. The molecule has 0 atom stereocenters. The maximum Gasteiger partial charge on any atom is 0.330 e. The lowest BCUT2D eigenvalue weighted by Crippen LogP contribution is -2.00. The number of thioether (sulfide) groups is 1. The maximum atomic E-state index is 11.9. The number of hydrogen-bond donors (Lipinski definition) is 1. The highest BCUT2D eigenvalue weighted by atomic mass is 79.9. The Morgan fingerprint density at radius 1 is 1.15 bits per heavy atom. The fourth-order valence-corrected chi connectivity index (χ4v) is 4.34. The van der Waals surface area contributed by atoms with E-state index in [-0.39, 0.29) is 0 Å². The Morgan fingerprint density at radius 3 is 2.64 bits per heavy atom. The van der Waals surface area contributed by atoms with Gasteiger partial charge in [0.25, 0.3) is 0 Å². The zero-order valence-corrected chi connectivity index (χ0v) is 20.7. The van der Waals surface area contributed by atoms with Gasteiger partial charge in [0.15, 0.2) is 0 Å². The second-order valence-corrected chi connectivity index (χ2v) is 8.78. The number of anilines is 2. The van der Waals surface area contributed by atoms with E-state index in [4.69, 9.17) is 9.47 Å². The number of benzene rings is 3. The monoisotopic (exact) mass is 522 g/mol. The van der Waals surface area contributed by atoms with Crippen molar-refractivity contribution in [3.05, 3.63) is 87.9 Å². The Labute approximate surface area is 206 Å². The number of methoxy groups -OCH3 is 1. The predicted octanol–water partition coefficient (Wildman–Crippen LogP) is 6.94. The molecule has 0 aliphatic carbocycles. The summed E-state index contributed by atoms with van der Waals surface area (Å²) < 4.78 is 11.2. The number of carbonyl (C=O) groups excluding carboxylic acids is 1. The highest BCUT2D eigenvalue weighted by Crippen LogP contribution is 2.36. The van der Waals surface area contributed by atoms with E-state index in [0.29, 0.717) is 28.1 Å². The minimum atomic E-state index is -0.404. The van der Waals surface area contributed by atoms with Crippen molar-refractivity contribution >= 4 is 51.1 Å². The summed E-state index contributed by atoms with van der Waals surface area (Å²) in [7, 11) is 1.57. The van der Waals surface area contributed by atoms with E-state index >= 15 is 0 Å². The molecule has 3 aromatic carbocycles. The van der Waals surface area contributed by atoms with Crippen LogP contribution < -0.4 is 10.1 Å². The van der Waals surface area contributed by atoms with Crippen LogP contribution >= 0.6 is 27.7 Å². The van der Waals surface area contributed by atoms with Crippen LogP contribution in [0.2, 0.25) is 0 Å². The van der Waals surface area contributed by atoms with Crippen molar-refractivity contribution in [2.45, 2.75) is 17.6 Å². The summed E-state index contributed by atoms with van der Waals surface area (Å²) in [6, 6.07) is 21.9. The van der Waals surface area contributed by atoms with Crippen LogP contribution in [-0.2, 0) is 15.3 Å². The molecule has 168 valence electrons. The summed E-state index contributed by atoms with van der Waals surface area (Å²) in [4.78, 5) is 13.0. The molecule has 0 fully saturated rings. The molecule has 0 spiro atoms. The molecule has 3 rings (SSSR count). The topological polar surface area (TPSA) is 71.3 Å². The minimum Gasteiger partial charge on any atom is -0.495 e. The zero-order chi connectivity index (χ0) is 23.6. The molecule has 0 saturated heterocycles. The highest BCUT2D eigenvalue weighted by molar-refractivity contribution is 9.10. The second kappa shape index (κ2) is 12.1. The minimum absolute atomic E-state index is 0.314. The lowest BCUT2D eigenvalue weighted by Gasteiger charge is -2.15. The van der Waals surface area contributed by atoms with Crippen molar-refractivity contribution in [2.75, 3.05) is 19.0 Å². The van der Waals surface area contributed by atoms with Gasteiger partial charge in [0.2, 0.25) is 0 Å². The summed E-state index contributed by atoms with van der Waals surface area (Å²) >= 11 is 5.10. The number of hydrogen-bond acceptors (Lipinski definition) is 6.